The maximum absolute atomic E-state index is 12.2. The van der Waals surface area contributed by atoms with Crippen LogP contribution in [0.1, 0.15) is 24.8 Å². The van der Waals surface area contributed by atoms with E-state index in [1.54, 1.807) is 0 Å². The van der Waals surface area contributed by atoms with Gasteiger partial charge in [0.05, 0.1) is 16.7 Å². The summed E-state index contributed by atoms with van der Waals surface area (Å²) in [5.74, 6) is -0.392. The summed E-state index contributed by atoms with van der Waals surface area (Å²) in [7, 11) is 4.10. The van der Waals surface area contributed by atoms with E-state index >= 15 is 0 Å². The molecule has 0 bridgehead atoms. The van der Waals surface area contributed by atoms with Crippen molar-refractivity contribution in [2.24, 2.45) is 0 Å². The van der Waals surface area contributed by atoms with Crippen molar-refractivity contribution in [2.75, 3.05) is 31.3 Å². The summed E-state index contributed by atoms with van der Waals surface area (Å²) in [4.78, 5) is 36.7. The average Bonchev–Trinajstić information content (AvgIpc) is 2.77. The number of aryl methyl sites for hydroxylation is 1. The van der Waals surface area contributed by atoms with Crippen LogP contribution >= 0.6 is 0 Å². The third-order valence-electron chi connectivity index (χ3n) is 5.19. The Hall–Kier alpha value is -3.72. The molecular weight excluding hydrogens is 412 g/mol. The van der Waals surface area contributed by atoms with Crippen LogP contribution in [0.3, 0.4) is 0 Å². The Morgan fingerprint density at radius 1 is 0.938 bits per heavy atom. The Bertz CT molecular complexity index is 1180. The van der Waals surface area contributed by atoms with Gasteiger partial charge in [0.1, 0.15) is 17.1 Å². The SMILES string of the molecule is CN(C)CCCCCc1ccccc1Nc1c(Nc2ccc([N+](=O)[O-])cc2O)c(=O)c1=O. The molecule has 0 amide bonds. The van der Waals surface area contributed by atoms with E-state index in [2.05, 4.69) is 15.5 Å². The number of nitro benzene ring substituents is 1. The molecule has 3 aromatic rings. The molecule has 0 heterocycles. The molecule has 168 valence electrons. The number of nitrogens with zero attached hydrogens (tertiary/aromatic N) is 2. The summed E-state index contributed by atoms with van der Waals surface area (Å²) in [5.41, 5.74) is 0.336. The van der Waals surface area contributed by atoms with E-state index in [4.69, 9.17) is 0 Å². The molecule has 0 aliphatic carbocycles. The lowest BCUT2D eigenvalue weighted by Crippen LogP contribution is -2.36. The van der Waals surface area contributed by atoms with Crippen LogP contribution in [0.5, 0.6) is 5.75 Å². The third kappa shape index (κ3) is 5.30. The maximum atomic E-state index is 12.2. The Labute approximate surface area is 185 Å². The van der Waals surface area contributed by atoms with Crippen LogP contribution in [-0.2, 0) is 6.42 Å². The van der Waals surface area contributed by atoms with Gasteiger partial charge in [-0.3, -0.25) is 19.7 Å². The Balaban J connectivity index is 1.74. The monoisotopic (exact) mass is 438 g/mol. The topological polar surface area (TPSA) is 125 Å². The van der Waals surface area contributed by atoms with Crippen molar-refractivity contribution in [3.63, 3.8) is 0 Å². The predicted octanol–water partition coefficient (Wildman–Crippen LogP) is 3.66. The van der Waals surface area contributed by atoms with Gasteiger partial charge in [-0.15, -0.1) is 0 Å². The minimum atomic E-state index is -0.716. The molecule has 0 aliphatic rings. The van der Waals surface area contributed by atoms with Crippen LogP contribution in [0.2, 0.25) is 0 Å². The maximum Gasteiger partial charge on any atom is 0.273 e. The third-order valence-corrected chi connectivity index (χ3v) is 5.19. The molecule has 0 fully saturated rings. The number of nitrogens with one attached hydrogen (secondary N) is 2. The fourth-order valence-corrected chi connectivity index (χ4v) is 3.42. The van der Waals surface area contributed by atoms with Gasteiger partial charge in [-0.1, -0.05) is 24.6 Å². The summed E-state index contributed by atoms with van der Waals surface area (Å²) in [5, 5.41) is 26.7. The Morgan fingerprint density at radius 2 is 1.59 bits per heavy atom. The van der Waals surface area contributed by atoms with E-state index in [9.17, 15) is 24.8 Å². The zero-order chi connectivity index (χ0) is 23.3. The molecule has 3 N–H and O–H groups in total. The molecule has 0 saturated heterocycles. The molecule has 9 nitrogen and oxygen atoms in total. The first kappa shape index (κ1) is 23.0. The quantitative estimate of drug-likeness (QED) is 0.136. The standard InChI is InChI=1S/C23H26N4O5/c1-26(2)13-7-3-4-8-15-9-5-6-10-17(15)24-20-21(23(30)22(20)29)25-18-12-11-16(27(31)32)14-19(18)28/h5-6,9-12,14,24-25,28H,3-4,7-8,13H2,1-2H3. The number of anilines is 4. The van der Waals surface area contributed by atoms with Gasteiger partial charge in [0.15, 0.2) is 0 Å². The molecule has 0 unspecified atom stereocenters. The van der Waals surface area contributed by atoms with Gasteiger partial charge in [-0.25, -0.2) is 0 Å². The van der Waals surface area contributed by atoms with Crippen molar-refractivity contribution in [2.45, 2.75) is 25.7 Å². The van der Waals surface area contributed by atoms with Crippen molar-refractivity contribution in [3.05, 3.63) is 78.6 Å². The Kier molecular flexibility index (Phi) is 7.21. The highest BCUT2D eigenvalue weighted by Crippen LogP contribution is 2.33. The number of aromatic hydroxyl groups is 1. The summed E-state index contributed by atoms with van der Waals surface area (Å²) in [6.45, 7) is 1.04. The molecule has 0 aliphatic heterocycles. The van der Waals surface area contributed by atoms with Gasteiger partial charge in [-0.2, -0.15) is 0 Å². The second-order valence-electron chi connectivity index (χ2n) is 7.89. The van der Waals surface area contributed by atoms with Crippen molar-refractivity contribution in [1.82, 2.24) is 4.90 Å². The van der Waals surface area contributed by atoms with Crippen LogP contribution in [0.15, 0.2) is 52.1 Å². The van der Waals surface area contributed by atoms with Gasteiger partial charge < -0.3 is 20.6 Å². The summed E-state index contributed by atoms with van der Waals surface area (Å²) in [6, 6.07) is 11.1. The number of rotatable bonds is 11. The number of non-ortho nitro benzene ring substituents is 1. The lowest BCUT2D eigenvalue weighted by molar-refractivity contribution is -0.384. The largest absolute Gasteiger partial charge is 0.506 e. The van der Waals surface area contributed by atoms with Crippen molar-refractivity contribution < 1.29 is 10.0 Å². The van der Waals surface area contributed by atoms with Crippen LogP contribution in [0.25, 0.3) is 0 Å². The molecule has 0 saturated carbocycles. The first-order valence-corrected chi connectivity index (χ1v) is 10.4. The number of nitro groups is 1. The lowest BCUT2D eigenvalue weighted by atomic mass is 10.0. The van der Waals surface area contributed by atoms with Gasteiger partial charge in [0.25, 0.3) is 16.5 Å². The van der Waals surface area contributed by atoms with Crippen LogP contribution in [0, 0.1) is 10.1 Å². The number of hydrogen-bond acceptors (Lipinski definition) is 8. The van der Waals surface area contributed by atoms with E-state index in [1.807, 2.05) is 38.4 Å². The fraction of sp³-hybridized carbons (Fsp3) is 0.304. The molecule has 0 atom stereocenters. The zero-order valence-electron chi connectivity index (χ0n) is 18.1. The highest BCUT2D eigenvalue weighted by molar-refractivity contribution is 5.84. The highest BCUT2D eigenvalue weighted by Gasteiger charge is 2.23. The van der Waals surface area contributed by atoms with E-state index in [0.717, 1.165) is 49.5 Å². The number of hydrogen-bond donors (Lipinski definition) is 3. The number of phenolic OH excluding ortho intramolecular Hbond substituents is 1. The smallest absolute Gasteiger partial charge is 0.273 e. The van der Waals surface area contributed by atoms with Crippen LogP contribution in [-0.4, -0.2) is 35.6 Å². The second kappa shape index (κ2) is 10.1. The van der Waals surface area contributed by atoms with Gasteiger partial charge in [-0.05, 0) is 57.6 Å². The van der Waals surface area contributed by atoms with E-state index in [1.165, 1.54) is 12.1 Å². The van der Waals surface area contributed by atoms with Crippen molar-refractivity contribution >= 4 is 28.4 Å². The molecule has 32 heavy (non-hydrogen) atoms. The van der Waals surface area contributed by atoms with E-state index in [0.29, 0.717) is 0 Å². The molecule has 0 radical (unpaired) electrons. The summed E-state index contributed by atoms with van der Waals surface area (Å²) >= 11 is 0. The molecule has 9 heteroatoms. The number of phenols is 1. The molecule has 0 spiro atoms. The number of unbranched alkanes of at least 4 members (excludes halogenated alkanes) is 2. The number of para-hydroxylation sites is 1. The van der Waals surface area contributed by atoms with E-state index < -0.39 is 21.5 Å². The van der Waals surface area contributed by atoms with Gasteiger partial charge in [0.2, 0.25) is 0 Å². The van der Waals surface area contributed by atoms with Gasteiger partial charge in [0, 0.05) is 11.8 Å². The van der Waals surface area contributed by atoms with Crippen molar-refractivity contribution in [1.29, 1.82) is 0 Å². The average molecular weight is 438 g/mol. The summed E-state index contributed by atoms with van der Waals surface area (Å²) in [6.07, 6.45) is 4.02. The molecular formula is C23H26N4O5. The van der Waals surface area contributed by atoms with Crippen LogP contribution < -0.4 is 21.5 Å². The highest BCUT2D eigenvalue weighted by atomic mass is 16.6. The second-order valence-corrected chi connectivity index (χ2v) is 7.89. The molecule has 0 aromatic heterocycles. The minimum Gasteiger partial charge on any atom is -0.506 e. The minimum absolute atomic E-state index is 0.0138. The number of benzene rings is 2. The first-order valence-electron chi connectivity index (χ1n) is 10.4. The molecule has 3 aromatic carbocycles. The Morgan fingerprint density at radius 3 is 2.22 bits per heavy atom. The van der Waals surface area contributed by atoms with Crippen LogP contribution in [0.4, 0.5) is 28.4 Å². The van der Waals surface area contributed by atoms with Crippen molar-refractivity contribution in [3.8, 4) is 5.75 Å². The predicted molar refractivity (Wildman–Crippen MR) is 125 cm³/mol. The lowest BCUT2D eigenvalue weighted by Gasteiger charge is -2.17. The summed E-state index contributed by atoms with van der Waals surface area (Å²) < 4.78 is 0. The fourth-order valence-electron chi connectivity index (χ4n) is 3.42. The molecule has 3 rings (SSSR count). The zero-order valence-corrected chi connectivity index (χ0v) is 18.1. The first-order chi connectivity index (χ1) is 15.3. The van der Waals surface area contributed by atoms with E-state index in [-0.39, 0.29) is 22.7 Å². The normalized spacial score (nSPS) is 11.1. The van der Waals surface area contributed by atoms with Gasteiger partial charge >= 0.3 is 0 Å².